The standard InChI is InChI=1S/C11H13ClN2S/c1-14-6-2-3-9(14)7-13-8-10-4-5-11(12)15-10/h2-6,13H,7-8H2,1H3. The molecule has 0 bridgehead atoms. The van der Waals surface area contributed by atoms with Crippen LogP contribution in [0.4, 0.5) is 0 Å². The summed E-state index contributed by atoms with van der Waals surface area (Å²) in [6.45, 7) is 1.77. The Labute approximate surface area is 98.5 Å². The summed E-state index contributed by atoms with van der Waals surface area (Å²) in [7, 11) is 2.05. The number of nitrogens with zero attached hydrogens (tertiary/aromatic N) is 1. The lowest BCUT2D eigenvalue weighted by Crippen LogP contribution is -2.13. The lowest BCUT2D eigenvalue weighted by Gasteiger charge is -2.04. The molecule has 2 heterocycles. The number of hydrogen-bond donors (Lipinski definition) is 1. The van der Waals surface area contributed by atoms with Crippen LogP contribution in [0.2, 0.25) is 4.34 Å². The normalized spacial score (nSPS) is 10.8. The van der Waals surface area contributed by atoms with Gasteiger partial charge in [0.25, 0.3) is 0 Å². The molecule has 0 aliphatic rings. The zero-order valence-corrected chi connectivity index (χ0v) is 10.1. The van der Waals surface area contributed by atoms with Gasteiger partial charge in [0.1, 0.15) is 0 Å². The fourth-order valence-corrected chi connectivity index (χ4v) is 2.50. The van der Waals surface area contributed by atoms with E-state index in [1.165, 1.54) is 10.6 Å². The molecule has 1 N–H and O–H groups in total. The molecular formula is C11H13ClN2S. The molecule has 2 nitrogen and oxygen atoms in total. The van der Waals surface area contributed by atoms with Gasteiger partial charge in [-0.3, -0.25) is 0 Å². The molecule has 15 heavy (non-hydrogen) atoms. The van der Waals surface area contributed by atoms with Gasteiger partial charge in [0.2, 0.25) is 0 Å². The molecule has 0 unspecified atom stereocenters. The lowest BCUT2D eigenvalue weighted by atomic mass is 10.4. The molecule has 2 rings (SSSR count). The summed E-state index contributed by atoms with van der Waals surface area (Å²) >= 11 is 7.48. The first-order valence-electron chi connectivity index (χ1n) is 4.81. The van der Waals surface area contributed by atoms with Crippen LogP contribution in [-0.4, -0.2) is 4.57 Å². The SMILES string of the molecule is Cn1cccc1CNCc1ccc(Cl)s1. The highest BCUT2D eigenvalue weighted by molar-refractivity contribution is 7.16. The molecule has 0 radical (unpaired) electrons. The fourth-order valence-electron chi connectivity index (χ4n) is 1.44. The van der Waals surface area contributed by atoms with Crippen LogP contribution in [0, 0.1) is 0 Å². The van der Waals surface area contributed by atoms with Crippen molar-refractivity contribution in [2.24, 2.45) is 7.05 Å². The number of aryl methyl sites for hydroxylation is 1. The van der Waals surface area contributed by atoms with Crippen LogP contribution < -0.4 is 5.32 Å². The van der Waals surface area contributed by atoms with Crippen LogP contribution in [0.1, 0.15) is 10.6 Å². The van der Waals surface area contributed by atoms with E-state index < -0.39 is 0 Å². The van der Waals surface area contributed by atoms with E-state index in [4.69, 9.17) is 11.6 Å². The molecule has 2 aromatic rings. The van der Waals surface area contributed by atoms with Gasteiger partial charge in [-0.15, -0.1) is 11.3 Å². The van der Waals surface area contributed by atoms with Gasteiger partial charge in [-0.2, -0.15) is 0 Å². The van der Waals surface area contributed by atoms with Crippen molar-refractivity contribution in [2.75, 3.05) is 0 Å². The summed E-state index contributed by atoms with van der Waals surface area (Å²) in [6.07, 6.45) is 2.05. The van der Waals surface area contributed by atoms with Crippen LogP contribution in [-0.2, 0) is 20.1 Å². The van der Waals surface area contributed by atoms with E-state index in [-0.39, 0.29) is 0 Å². The van der Waals surface area contributed by atoms with Gasteiger partial charge in [0.15, 0.2) is 0 Å². The molecule has 0 spiro atoms. The third-order valence-corrected chi connectivity index (χ3v) is 3.52. The van der Waals surface area contributed by atoms with Crippen LogP contribution in [0.3, 0.4) is 0 Å². The monoisotopic (exact) mass is 240 g/mol. The van der Waals surface area contributed by atoms with Crippen molar-refractivity contribution in [3.05, 3.63) is 45.4 Å². The number of nitrogens with one attached hydrogen (secondary N) is 1. The summed E-state index contributed by atoms with van der Waals surface area (Å²) in [6, 6.07) is 8.17. The third-order valence-electron chi connectivity index (χ3n) is 2.29. The number of aromatic nitrogens is 1. The maximum atomic E-state index is 5.85. The Bertz CT molecular complexity index is 433. The predicted molar refractivity (Wildman–Crippen MR) is 65.3 cm³/mol. The first kappa shape index (κ1) is 10.7. The zero-order valence-electron chi connectivity index (χ0n) is 8.53. The number of hydrogen-bond acceptors (Lipinski definition) is 2. The molecule has 0 atom stereocenters. The van der Waals surface area contributed by atoms with E-state index in [9.17, 15) is 0 Å². The van der Waals surface area contributed by atoms with E-state index in [0.29, 0.717) is 0 Å². The minimum atomic E-state index is 0.852. The van der Waals surface area contributed by atoms with E-state index in [0.717, 1.165) is 17.4 Å². The first-order chi connectivity index (χ1) is 7.25. The van der Waals surface area contributed by atoms with E-state index in [1.54, 1.807) is 11.3 Å². The number of thiophene rings is 1. The Kier molecular flexibility index (Phi) is 3.46. The first-order valence-corrected chi connectivity index (χ1v) is 6.00. The van der Waals surface area contributed by atoms with Gasteiger partial charge in [0.05, 0.1) is 4.34 Å². The smallest absolute Gasteiger partial charge is 0.0931 e. The van der Waals surface area contributed by atoms with Crippen LogP contribution in [0.15, 0.2) is 30.5 Å². The summed E-state index contributed by atoms with van der Waals surface area (Å²) < 4.78 is 2.97. The van der Waals surface area contributed by atoms with E-state index >= 15 is 0 Å². The summed E-state index contributed by atoms with van der Waals surface area (Å²) in [5.41, 5.74) is 1.29. The van der Waals surface area contributed by atoms with Gasteiger partial charge in [-0.1, -0.05) is 11.6 Å². The summed E-state index contributed by atoms with van der Waals surface area (Å²) in [5.74, 6) is 0. The quantitative estimate of drug-likeness (QED) is 0.870. The van der Waals surface area contributed by atoms with Gasteiger partial charge >= 0.3 is 0 Å². The molecule has 0 fully saturated rings. The minimum Gasteiger partial charge on any atom is -0.353 e. The van der Waals surface area contributed by atoms with Crippen molar-refractivity contribution < 1.29 is 0 Å². The van der Waals surface area contributed by atoms with Crippen molar-refractivity contribution in [3.8, 4) is 0 Å². The van der Waals surface area contributed by atoms with Crippen molar-refractivity contribution in [3.63, 3.8) is 0 Å². The van der Waals surface area contributed by atoms with Crippen LogP contribution >= 0.6 is 22.9 Å². The molecule has 0 saturated heterocycles. The molecule has 0 aliphatic carbocycles. The minimum absolute atomic E-state index is 0.852. The van der Waals surface area contributed by atoms with E-state index in [1.807, 2.05) is 6.07 Å². The Morgan fingerprint density at radius 1 is 1.33 bits per heavy atom. The highest BCUT2D eigenvalue weighted by atomic mass is 35.5. The van der Waals surface area contributed by atoms with Crippen LogP contribution in [0.25, 0.3) is 0 Å². The van der Waals surface area contributed by atoms with Gasteiger partial charge < -0.3 is 9.88 Å². The topological polar surface area (TPSA) is 17.0 Å². The molecule has 2 aromatic heterocycles. The Morgan fingerprint density at radius 2 is 2.20 bits per heavy atom. The second-order valence-electron chi connectivity index (χ2n) is 3.42. The highest BCUT2D eigenvalue weighted by Crippen LogP contribution is 2.21. The Morgan fingerprint density at radius 3 is 2.80 bits per heavy atom. The summed E-state index contributed by atoms with van der Waals surface area (Å²) in [4.78, 5) is 1.27. The maximum absolute atomic E-state index is 5.85. The van der Waals surface area contributed by atoms with Gasteiger partial charge in [-0.05, 0) is 24.3 Å². The molecular weight excluding hydrogens is 228 g/mol. The largest absolute Gasteiger partial charge is 0.353 e. The van der Waals surface area contributed by atoms with E-state index in [2.05, 4.69) is 41.3 Å². The van der Waals surface area contributed by atoms with Crippen molar-refractivity contribution in [1.29, 1.82) is 0 Å². The molecule has 0 saturated carbocycles. The number of halogens is 1. The lowest BCUT2D eigenvalue weighted by molar-refractivity contribution is 0.660. The highest BCUT2D eigenvalue weighted by Gasteiger charge is 1.99. The van der Waals surface area contributed by atoms with Crippen LogP contribution in [0.5, 0.6) is 0 Å². The molecule has 0 aliphatic heterocycles. The second-order valence-corrected chi connectivity index (χ2v) is 5.22. The van der Waals surface area contributed by atoms with Gasteiger partial charge in [0, 0.05) is 36.9 Å². The second kappa shape index (κ2) is 4.84. The Balaban J connectivity index is 1.83. The summed E-state index contributed by atoms with van der Waals surface area (Å²) in [5, 5.41) is 3.39. The third kappa shape index (κ3) is 2.84. The molecule has 0 aromatic carbocycles. The van der Waals surface area contributed by atoms with Crippen molar-refractivity contribution in [2.45, 2.75) is 13.1 Å². The average molecular weight is 241 g/mol. The average Bonchev–Trinajstić information content (AvgIpc) is 2.77. The number of rotatable bonds is 4. The van der Waals surface area contributed by atoms with Gasteiger partial charge in [-0.25, -0.2) is 0 Å². The molecule has 80 valence electrons. The maximum Gasteiger partial charge on any atom is 0.0931 e. The molecule has 0 amide bonds. The Hall–Kier alpha value is -0.770. The zero-order chi connectivity index (χ0) is 10.7. The predicted octanol–water partition coefficient (Wildman–Crippen LogP) is 3.03. The molecule has 4 heteroatoms. The van der Waals surface area contributed by atoms with Crippen molar-refractivity contribution >= 4 is 22.9 Å². The van der Waals surface area contributed by atoms with Crippen molar-refractivity contribution in [1.82, 2.24) is 9.88 Å². The fraction of sp³-hybridized carbons (Fsp3) is 0.273.